The lowest BCUT2D eigenvalue weighted by molar-refractivity contribution is -0.129. The number of hydrogen-bond acceptors (Lipinski definition) is 3. The minimum atomic E-state index is -0.449. The molecule has 0 saturated heterocycles. The van der Waals surface area contributed by atoms with Crippen molar-refractivity contribution in [1.29, 1.82) is 0 Å². The normalized spacial score (nSPS) is 15.0. The number of rotatable bonds is 5. The lowest BCUT2D eigenvalue weighted by Gasteiger charge is -2.28. The first-order chi connectivity index (χ1) is 12.6. The van der Waals surface area contributed by atoms with Gasteiger partial charge in [-0.05, 0) is 44.9 Å². The van der Waals surface area contributed by atoms with Gasteiger partial charge in [-0.15, -0.1) is 0 Å². The van der Waals surface area contributed by atoms with Gasteiger partial charge in [0.1, 0.15) is 0 Å². The lowest BCUT2D eigenvalue weighted by atomic mass is 10.0. The Hall–Kier alpha value is -2.95. The van der Waals surface area contributed by atoms with Gasteiger partial charge >= 0.3 is 0 Å². The zero-order valence-electron chi connectivity index (χ0n) is 14.9. The summed E-state index contributed by atoms with van der Waals surface area (Å²) in [5.74, 6) is -0.895. The zero-order valence-corrected chi connectivity index (χ0v) is 14.9. The largest absolute Gasteiger partial charge is 0.358 e. The molecule has 0 unspecified atom stereocenters. The third-order valence-corrected chi connectivity index (χ3v) is 5.02. The predicted octanol–water partition coefficient (Wildman–Crippen LogP) is 3.81. The lowest BCUT2D eigenvalue weighted by Crippen LogP contribution is -2.40. The number of ketones is 1. The van der Waals surface area contributed by atoms with E-state index in [1.54, 1.807) is 11.1 Å². The summed E-state index contributed by atoms with van der Waals surface area (Å²) >= 11 is 0. The van der Waals surface area contributed by atoms with E-state index >= 15 is 0 Å². The molecule has 0 bridgehead atoms. The van der Waals surface area contributed by atoms with Crippen molar-refractivity contribution in [2.45, 2.75) is 38.8 Å². The molecule has 0 radical (unpaired) electrons. The molecule has 0 spiro atoms. The van der Waals surface area contributed by atoms with Crippen LogP contribution in [0.1, 0.15) is 47.6 Å². The topological polar surface area (TPSA) is 66.1 Å². The summed E-state index contributed by atoms with van der Waals surface area (Å²) in [6.07, 6.45) is 3.58. The van der Waals surface area contributed by atoms with Gasteiger partial charge in [0.15, 0.2) is 0 Å². The van der Waals surface area contributed by atoms with Crippen molar-refractivity contribution in [3.05, 3.63) is 65.6 Å². The zero-order chi connectivity index (χ0) is 18.3. The third kappa shape index (κ3) is 2.79. The number of pyridine rings is 1. The molecule has 26 heavy (non-hydrogen) atoms. The summed E-state index contributed by atoms with van der Waals surface area (Å²) < 4.78 is 0. The number of hydrogen-bond donors (Lipinski definition) is 1. The van der Waals surface area contributed by atoms with Crippen molar-refractivity contribution in [3.63, 3.8) is 0 Å². The average Bonchev–Trinajstić information content (AvgIpc) is 3.43. The number of Topliss-reactive ketones (excluding diaryl/α,β-unsaturated/α-hetero) is 1. The summed E-state index contributed by atoms with van der Waals surface area (Å²) in [7, 11) is 0. The van der Waals surface area contributed by atoms with Crippen molar-refractivity contribution in [2.24, 2.45) is 0 Å². The van der Waals surface area contributed by atoms with Crippen LogP contribution in [0.2, 0.25) is 0 Å². The van der Waals surface area contributed by atoms with E-state index in [-0.39, 0.29) is 12.1 Å². The molecule has 1 aliphatic rings. The van der Waals surface area contributed by atoms with Crippen LogP contribution in [-0.2, 0) is 4.79 Å². The first kappa shape index (κ1) is 16.5. The number of H-pyrrole nitrogens is 1. The maximum Gasteiger partial charge on any atom is 0.295 e. The van der Waals surface area contributed by atoms with Crippen LogP contribution < -0.4 is 0 Å². The minimum Gasteiger partial charge on any atom is -0.358 e. The smallest absolute Gasteiger partial charge is 0.295 e. The highest BCUT2D eigenvalue weighted by Gasteiger charge is 2.40. The van der Waals surface area contributed by atoms with E-state index in [0.717, 1.165) is 35.1 Å². The molecule has 1 fully saturated rings. The second-order valence-electron chi connectivity index (χ2n) is 6.87. The molecule has 1 amide bonds. The number of benzene rings is 1. The van der Waals surface area contributed by atoms with E-state index < -0.39 is 11.7 Å². The molecule has 5 heteroatoms. The van der Waals surface area contributed by atoms with Crippen molar-refractivity contribution >= 4 is 22.6 Å². The van der Waals surface area contributed by atoms with Crippen LogP contribution in [0.15, 0.2) is 48.7 Å². The van der Waals surface area contributed by atoms with E-state index in [9.17, 15) is 9.59 Å². The Kier molecular flexibility index (Phi) is 4.07. The molecule has 1 aromatic carbocycles. The van der Waals surface area contributed by atoms with Gasteiger partial charge in [-0.2, -0.15) is 0 Å². The number of fused-ring (bicyclic) bond motifs is 1. The second kappa shape index (κ2) is 6.41. The number of carbonyl (C=O) groups excluding carboxylic acids is 2. The maximum atomic E-state index is 13.2. The SMILES string of the molecule is Cc1[nH]c2ccccc2c1C(=O)C(=O)N(C1CC1)[C@@H](C)c1ccccn1. The summed E-state index contributed by atoms with van der Waals surface area (Å²) in [4.78, 5) is 35.6. The van der Waals surface area contributed by atoms with Gasteiger partial charge in [-0.1, -0.05) is 24.3 Å². The Labute approximate surface area is 152 Å². The Morgan fingerprint density at radius 1 is 1.15 bits per heavy atom. The van der Waals surface area contributed by atoms with Crippen LogP contribution in [-0.4, -0.2) is 32.6 Å². The van der Waals surface area contributed by atoms with E-state index in [2.05, 4.69) is 9.97 Å². The van der Waals surface area contributed by atoms with E-state index in [1.807, 2.05) is 56.3 Å². The molecule has 1 N–H and O–H groups in total. The van der Waals surface area contributed by atoms with Crippen LogP contribution in [0.5, 0.6) is 0 Å². The molecule has 2 heterocycles. The van der Waals surface area contributed by atoms with E-state index in [1.165, 1.54) is 0 Å². The molecule has 2 aromatic heterocycles. The number of carbonyl (C=O) groups is 2. The highest BCUT2D eigenvalue weighted by atomic mass is 16.2. The van der Waals surface area contributed by atoms with Crippen molar-refractivity contribution < 1.29 is 9.59 Å². The van der Waals surface area contributed by atoms with Crippen LogP contribution in [0.3, 0.4) is 0 Å². The van der Waals surface area contributed by atoms with E-state index in [4.69, 9.17) is 0 Å². The number of aromatic nitrogens is 2. The molecule has 132 valence electrons. The Morgan fingerprint density at radius 3 is 2.58 bits per heavy atom. The number of para-hydroxylation sites is 1. The summed E-state index contributed by atoms with van der Waals surface area (Å²) in [6, 6.07) is 13.1. The molecule has 5 nitrogen and oxygen atoms in total. The van der Waals surface area contributed by atoms with Gasteiger partial charge in [0.2, 0.25) is 0 Å². The third-order valence-electron chi connectivity index (χ3n) is 5.02. The van der Waals surface area contributed by atoms with Gasteiger partial charge in [0, 0.05) is 28.8 Å². The molecular formula is C21H21N3O2. The number of aromatic amines is 1. The molecular weight excluding hydrogens is 326 g/mol. The van der Waals surface area contributed by atoms with Crippen LogP contribution >= 0.6 is 0 Å². The Balaban J connectivity index is 1.70. The monoisotopic (exact) mass is 347 g/mol. The number of nitrogens with zero attached hydrogens (tertiary/aromatic N) is 2. The average molecular weight is 347 g/mol. The quantitative estimate of drug-likeness (QED) is 0.564. The van der Waals surface area contributed by atoms with Gasteiger partial charge < -0.3 is 9.88 Å². The fraction of sp³-hybridized carbons (Fsp3) is 0.286. The molecule has 1 aliphatic carbocycles. The summed E-state index contributed by atoms with van der Waals surface area (Å²) in [5, 5.41) is 0.796. The van der Waals surface area contributed by atoms with Gasteiger partial charge in [0.25, 0.3) is 11.7 Å². The molecule has 1 saturated carbocycles. The number of aryl methyl sites for hydroxylation is 1. The van der Waals surface area contributed by atoms with E-state index in [0.29, 0.717) is 5.56 Å². The first-order valence-electron chi connectivity index (χ1n) is 8.93. The van der Waals surface area contributed by atoms with Crippen LogP contribution in [0.4, 0.5) is 0 Å². The fourth-order valence-corrected chi connectivity index (χ4v) is 3.57. The molecule has 0 aliphatic heterocycles. The Morgan fingerprint density at radius 2 is 1.88 bits per heavy atom. The number of nitrogens with one attached hydrogen (secondary N) is 1. The fourth-order valence-electron chi connectivity index (χ4n) is 3.57. The van der Waals surface area contributed by atoms with Gasteiger partial charge in [-0.25, -0.2) is 0 Å². The van der Waals surface area contributed by atoms with Crippen LogP contribution in [0.25, 0.3) is 10.9 Å². The van der Waals surface area contributed by atoms with Gasteiger partial charge in [-0.3, -0.25) is 14.6 Å². The van der Waals surface area contributed by atoms with Crippen LogP contribution in [0, 0.1) is 6.92 Å². The molecule has 3 aromatic rings. The van der Waals surface area contributed by atoms with Crippen molar-refractivity contribution in [1.82, 2.24) is 14.9 Å². The van der Waals surface area contributed by atoms with Crippen molar-refractivity contribution in [2.75, 3.05) is 0 Å². The highest BCUT2D eigenvalue weighted by molar-refractivity contribution is 6.45. The first-order valence-corrected chi connectivity index (χ1v) is 8.93. The standard InChI is InChI=1S/C21H21N3O2/c1-13-19(16-7-3-4-9-18(16)23-13)20(25)21(26)24(15-10-11-15)14(2)17-8-5-6-12-22-17/h3-9,12,14-15,23H,10-11H2,1-2H3/t14-/m0/s1. The van der Waals surface area contributed by atoms with Gasteiger partial charge in [0.05, 0.1) is 17.3 Å². The summed E-state index contributed by atoms with van der Waals surface area (Å²) in [6.45, 7) is 3.78. The minimum absolute atomic E-state index is 0.119. The predicted molar refractivity (Wildman–Crippen MR) is 99.9 cm³/mol. The highest BCUT2D eigenvalue weighted by Crippen LogP contribution is 2.35. The molecule has 1 atom stereocenters. The summed E-state index contributed by atoms with van der Waals surface area (Å²) in [5.41, 5.74) is 2.88. The van der Waals surface area contributed by atoms with Crippen molar-refractivity contribution in [3.8, 4) is 0 Å². The molecule has 4 rings (SSSR count). The Bertz CT molecular complexity index is 973. The second-order valence-corrected chi connectivity index (χ2v) is 6.87. The number of amides is 1. The maximum absolute atomic E-state index is 13.2.